The number of benzene rings is 1. The molecule has 106 valence electrons. The van der Waals surface area contributed by atoms with E-state index >= 15 is 0 Å². The monoisotopic (exact) mass is 299 g/mol. The Kier molecular flexibility index (Phi) is 4.03. The van der Waals surface area contributed by atoms with Crippen LogP contribution in [0.5, 0.6) is 0 Å². The average molecular weight is 299 g/mol. The lowest BCUT2D eigenvalue weighted by Crippen LogP contribution is -2.01. The van der Waals surface area contributed by atoms with E-state index in [4.69, 9.17) is 5.73 Å². The summed E-state index contributed by atoms with van der Waals surface area (Å²) in [5.74, 6) is -0.251. The van der Waals surface area contributed by atoms with E-state index in [1.54, 1.807) is 29.8 Å². The lowest BCUT2D eigenvalue weighted by atomic mass is 10.1. The Labute approximate surface area is 126 Å². The minimum absolute atomic E-state index is 0.251. The third-order valence-corrected chi connectivity index (χ3v) is 4.22. The highest BCUT2D eigenvalue weighted by molar-refractivity contribution is 7.15. The first-order chi connectivity index (χ1) is 10.3. The normalized spacial score (nSPS) is 10.8. The molecule has 0 bridgehead atoms. The van der Waals surface area contributed by atoms with E-state index in [0.717, 1.165) is 26.7 Å². The van der Waals surface area contributed by atoms with E-state index in [2.05, 4.69) is 9.97 Å². The van der Waals surface area contributed by atoms with Crippen LogP contribution in [0.3, 0.4) is 0 Å². The Morgan fingerprint density at radius 2 is 2.00 bits per heavy atom. The quantitative estimate of drug-likeness (QED) is 0.802. The standard InChI is InChI=1S/C16H14FN3S/c17-13-5-1-3-11(9-13)16-15(12-4-2-8-19-10-12)20-14(21-16)6-7-18/h1-5,8-10H,6-7,18H2. The fraction of sp³-hybridized carbons (Fsp3) is 0.125. The molecule has 3 nitrogen and oxygen atoms in total. The van der Waals surface area contributed by atoms with Gasteiger partial charge in [-0.15, -0.1) is 11.3 Å². The van der Waals surface area contributed by atoms with Crippen LogP contribution in [0.4, 0.5) is 4.39 Å². The zero-order valence-electron chi connectivity index (χ0n) is 11.3. The molecule has 0 aliphatic carbocycles. The van der Waals surface area contributed by atoms with Gasteiger partial charge < -0.3 is 5.73 Å². The van der Waals surface area contributed by atoms with E-state index in [1.807, 2.05) is 18.2 Å². The second-order valence-electron chi connectivity index (χ2n) is 4.58. The molecular weight excluding hydrogens is 285 g/mol. The number of hydrogen-bond donors (Lipinski definition) is 1. The summed E-state index contributed by atoms with van der Waals surface area (Å²) in [5.41, 5.74) is 8.21. The lowest BCUT2D eigenvalue weighted by Gasteiger charge is -2.02. The van der Waals surface area contributed by atoms with Crippen molar-refractivity contribution in [2.45, 2.75) is 6.42 Å². The summed E-state index contributed by atoms with van der Waals surface area (Å²) in [6.45, 7) is 0.544. The molecular formula is C16H14FN3S. The van der Waals surface area contributed by atoms with Gasteiger partial charge in [-0.3, -0.25) is 4.98 Å². The summed E-state index contributed by atoms with van der Waals surface area (Å²) in [4.78, 5) is 9.74. The number of pyridine rings is 1. The highest BCUT2D eigenvalue weighted by Gasteiger charge is 2.15. The smallest absolute Gasteiger partial charge is 0.123 e. The van der Waals surface area contributed by atoms with Crippen LogP contribution in [0.1, 0.15) is 5.01 Å². The van der Waals surface area contributed by atoms with Gasteiger partial charge in [0.25, 0.3) is 0 Å². The lowest BCUT2D eigenvalue weighted by molar-refractivity contribution is 0.628. The fourth-order valence-electron chi connectivity index (χ4n) is 2.12. The maximum atomic E-state index is 13.5. The molecule has 2 aromatic heterocycles. The van der Waals surface area contributed by atoms with Gasteiger partial charge in [0.05, 0.1) is 15.6 Å². The van der Waals surface area contributed by atoms with Gasteiger partial charge in [0, 0.05) is 24.4 Å². The Morgan fingerprint density at radius 3 is 2.71 bits per heavy atom. The van der Waals surface area contributed by atoms with E-state index in [-0.39, 0.29) is 5.82 Å². The third-order valence-electron chi connectivity index (χ3n) is 3.05. The maximum absolute atomic E-state index is 13.5. The van der Waals surface area contributed by atoms with Crippen molar-refractivity contribution < 1.29 is 4.39 Å². The molecule has 3 aromatic rings. The van der Waals surface area contributed by atoms with Crippen LogP contribution in [0.25, 0.3) is 21.7 Å². The number of hydrogen-bond acceptors (Lipinski definition) is 4. The van der Waals surface area contributed by atoms with Crippen molar-refractivity contribution in [2.75, 3.05) is 6.54 Å². The molecule has 5 heteroatoms. The minimum atomic E-state index is -0.251. The molecule has 2 N–H and O–H groups in total. The number of halogens is 1. The molecule has 0 saturated carbocycles. The molecule has 1 aromatic carbocycles. The summed E-state index contributed by atoms with van der Waals surface area (Å²) in [6, 6.07) is 10.4. The van der Waals surface area contributed by atoms with Gasteiger partial charge in [-0.05, 0) is 36.4 Å². The largest absolute Gasteiger partial charge is 0.330 e. The Hall–Kier alpha value is -2.11. The highest BCUT2D eigenvalue weighted by atomic mass is 32.1. The molecule has 21 heavy (non-hydrogen) atoms. The number of nitrogens with two attached hydrogens (primary N) is 1. The minimum Gasteiger partial charge on any atom is -0.330 e. The third kappa shape index (κ3) is 2.99. The van der Waals surface area contributed by atoms with Crippen molar-refractivity contribution in [3.8, 4) is 21.7 Å². The van der Waals surface area contributed by atoms with Crippen molar-refractivity contribution in [3.63, 3.8) is 0 Å². The van der Waals surface area contributed by atoms with Crippen molar-refractivity contribution in [3.05, 3.63) is 59.6 Å². The second-order valence-corrected chi connectivity index (χ2v) is 5.66. The molecule has 0 saturated heterocycles. The summed E-state index contributed by atoms with van der Waals surface area (Å²) < 4.78 is 13.5. The summed E-state index contributed by atoms with van der Waals surface area (Å²) >= 11 is 1.56. The number of nitrogens with zero attached hydrogens (tertiary/aromatic N) is 2. The first-order valence-corrected chi connectivity index (χ1v) is 7.45. The predicted molar refractivity (Wildman–Crippen MR) is 83.5 cm³/mol. The van der Waals surface area contributed by atoms with E-state index < -0.39 is 0 Å². The zero-order valence-corrected chi connectivity index (χ0v) is 12.1. The molecule has 0 amide bonds. The Balaban J connectivity index is 2.14. The van der Waals surface area contributed by atoms with Crippen LogP contribution in [0.2, 0.25) is 0 Å². The van der Waals surface area contributed by atoms with Crippen LogP contribution < -0.4 is 5.73 Å². The number of aromatic nitrogens is 2. The van der Waals surface area contributed by atoms with Gasteiger partial charge in [-0.1, -0.05) is 12.1 Å². The van der Waals surface area contributed by atoms with Crippen LogP contribution in [0, 0.1) is 5.82 Å². The molecule has 0 unspecified atom stereocenters. The van der Waals surface area contributed by atoms with Crippen molar-refractivity contribution >= 4 is 11.3 Å². The van der Waals surface area contributed by atoms with Crippen molar-refractivity contribution in [1.82, 2.24) is 9.97 Å². The summed E-state index contributed by atoms with van der Waals surface area (Å²) in [6.07, 6.45) is 4.20. The molecule has 0 atom stereocenters. The van der Waals surface area contributed by atoms with Gasteiger partial charge in [-0.25, -0.2) is 9.37 Å². The maximum Gasteiger partial charge on any atom is 0.123 e. The first kappa shape index (κ1) is 13.9. The highest BCUT2D eigenvalue weighted by Crippen LogP contribution is 2.36. The first-order valence-electron chi connectivity index (χ1n) is 6.64. The van der Waals surface area contributed by atoms with Gasteiger partial charge in [-0.2, -0.15) is 0 Å². The summed E-state index contributed by atoms with van der Waals surface area (Å²) in [7, 11) is 0. The van der Waals surface area contributed by atoms with Gasteiger partial charge in [0.15, 0.2) is 0 Å². The predicted octanol–water partition coefficient (Wildman–Crippen LogP) is 3.51. The topological polar surface area (TPSA) is 51.8 Å². The van der Waals surface area contributed by atoms with Crippen LogP contribution in [0.15, 0.2) is 48.8 Å². The van der Waals surface area contributed by atoms with Crippen LogP contribution >= 0.6 is 11.3 Å². The fourth-order valence-corrected chi connectivity index (χ4v) is 3.22. The average Bonchev–Trinajstić information content (AvgIpc) is 2.93. The summed E-state index contributed by atoms with van der Waals surface area (Å²) in [5, 5.41) is 0.954. The number of rotatable bonds is 4. The zero-order chi connectivity index (χ0) is 14.7. The van der Waals surface area contributed by atoms with E-state index in [9.17, 15) is 4.39 Å². The van der Waals surface area contributed by atoms with Crippen LogP contribution in [-0.2, 0) is 6.42 Å². The van der Waals surface area contributed by atoms with Crippen molar-refractivity contribution in [2.24, 2.45) is 5.73 Å². The molecule has 0 radical (unpaired) electrons. The van der Waals surface area contributed by atoms with E-state index in [1.165, 1.54) is 12.1 Å². The Morgan fingerprint density at radius 1 is 1.14 bits per heavy atom. The van der Waals surface area contributed by atoms with Crippen LogP contribution in [-0.4, -0.2) is 16.5 Å². The molecule has 0 aliphatic rings. The van der Waals surface area contributed by atoms with Gasteiger partial charge in [0.2, 0.25) is 0 Å². The van der Waals surface area contributed by atoms with Gasteiger partial charge in [0.1, 0.15) is 5.82 Å². The molecule has 0 fully saturated rings. The Bertz CT molecular complexity index is 740. The molecule has 0 spiro atoms. The molecule has 0 aliphatic heterocycles. The van der Waals surface area contributed by atoms with E-state index in [0.29, 0.717) is 13.0 Å². The van der Waals surface area contributed by atoms with Crippen molar-refractivity contribution in [1.29, 1.82) is 0 Å². The second kappa shape index (κ2) is 6.11. The molecule has 2 heterocycles. The molecule has 3 rings (SSSR count). The SMILES string of the molecule is NCCc1nc(-c2cccnc2)c(-c2cccc(F)c2)s1. The number of thiazole rings is 1. The van der Waals surface area contributed by atoms with Gasteiger partial charge >= 0.3 is 0 Å².